The van der Waals surface area contributed by atoms with Crippen molar-refractivity contribution in [2.75, 3.05) is 13.7 Å². The van der Waals surface area contributed by atoms with Crippen molar-refractivity contribution in [3.05, 3.63) is 60.9 Å². The van der Waals surface area contributed by atoms with E-state index in [1.165, 1.54) is 0 Å². The number of primary amides is 1. The van der Waals surface area contributed by atoms with Gasteiger partial charge in [0.05, 0.1) is 12.8 Å². The maximum absolute atomic E-state index is 10.8. The summed E-state index contributed by atoms with van der Waals surface area (Å²) in [6.07, 6.45) is 3.62. The molecule has 1 aromatic heterocycles. The molecule has 1 heterocycles. The van der Waals surface area contributed by atoms with Crippen molar-refractivity contribution in [1.82, 2.24) is 9.55 Å². The lowest BCUT2D eigenvalue weighted by Gasteiger charge is -2.12. The second kappa shape index (κ2) is 6.87. The molecule has 2 N–H and O–H groups in total. The molecule has 122 valence electrons. The van der Waals surface area contributed by atoms with Crippen molar-refractivity contribution in [2.24, 2.45) is 5.73 Å². The Bertz CT molecular complexity index is 841. The van der Waals surface area contributed by atoms with Crippen LogP contribution in [-0.4, -0.2) is 29.2 Å². The van der Waals surface area contributed by atoms with Gasteiger partial charge in [-0.25, -0.2) is 4.98 Å². The highest BCUT2D eigenvalue weighted by molar-refractivity contribution is 5.75. The fraction of sp³-hybridized carbons (Fsp3) is 0.111. The van der Waals surface area contributed by atoms with Crippen LogP contribution in [-0.2, 0) is 4.79 Å². The maximum Gasteiger partial charge on any atom is 0.255 e. The van der Waals surface area contributed by atoms with E-state index >= 15 is 0 Å². The van der Waals surface area contributed by atoms with Gasteiger partial charge >= 0.3 is 0 Å². The molecule has 0 aliphatic rings. The Morgan fingerprint density at radius 1 is 1.17 bits per heavy atom. The SMILES string of the molecule is COc1ccccc1-n1ccnc1-c1ccc(OCC(N)=O)cc1. The molecule has 0 bridgehead atoms. The second-order valence-corrected chi connectivity index (χ2v) is 5.07. The van der Waals surface area contributed by atoms with Crippen molar-refractivity contribution in [2.45, 2.75) is 0 Å². The van der Waals surface area contributed by atoms with Crippen molar-refractivity contribution in [3.8, 4) is 28.6 Å². The standard InChI is InChI=1S/C18H17N3O3/c1-23-16-5-3-2-4-15(16)21-11-10-20-18(21)13-6-8-14(9-7-13)24-12-17(19)22/h2-11H,12H2,1H3,(H2,19,22). The molecule has 0 unspecified atom stereocenters. The number of carbonyl (C=O) groups is 1. The highest BCUT2D eigenvalue weighted by Gasteiger charge is 2.11. The fourth-order valence-corrected chi connectivity index (χ4v) is 2.39. The van der Waals surface area contributed by atoms with E-state index in [-0.39, 0.29) is 6.61 Å². The molecule has 24 heavy (non-hydrogen) atoms. The minimum absolute atomic E-state index is 0.144. The molecule has 0 fully saturated rings. The van der Waals surface area contributed by atoms with Crippen LogP contribution in [0.25, 0.3) is 17.1 Å². The normalized spacial score (nSPS) is 10.4. The van der Waals surface area contributed by atoms with Crippen molar-refractivity contribution in [1.29, 1.82) is 0 Å². The maximum atomic E-state index is 10.8. The summed E-state index contributed by atoms with van der Waals surface area (Å²) in [6.45, 7) is -0.144. The van der Waals surface area contributed by atoms with Crippen LogP contribution in [0.5, 0.6) is 11.5 Å². The van der Waals surface area contributed by atoms with Gasteiger partial charge in [0.2, 0.25) is 0 Å². The molecule has 0 aliphatic carbocycles. The molecule has 0 saturated carbocycles. The molecule has 3 aromatic rings. The van der Waals surface area contributed by atoms with E-state index in [4.69, 9.17) is 15.2 Å². The molecular weight excluding hydrogens is 306 g/mol. The minimum Gasteiger partial charge on any atom is -0.495 e. The lowest BCUT2D eigenvalue weighted by atomic mass is 10.2. The summed E-state index contributed by atoms with van der Waals surface area (Å²) in [7, 11) is 1.64. The Kier molecular flexibility index (Phi) is 4.47. The fourth-order valence-electron chi connectivity index (χ4n) is 2.39. The minimum atomic E-state index is -0.509. The number of benzene rings is 2. The first-order valence-electron chi connectivity index (χ1n) is 7.37. The lowest BCUT2D eigenvalue weighted by molar-refractivity contribution is -0.119. The monoisotopic (exact) mass is 323 g/mol. The average molecular weight is 323 g/mol. The molecule has 6 heteroatoms. The molecule has 1 amide bonds. The molecule has 6 nitrogen and oxygen atoms in total. The van der Waals surface area contributed by atoms with Gasteiger partial charge in [0.1, 0.15) is 17.3 Å². The largest absolute Gasteiger partial charge is 0.495 e. The summed E-state index contributed by atoms with van der Waals surface area (Å²) < 4.78 is 12.6. The van der Waals surface area contributed by atoms with Gasteiger partial charge in [-0.3, -0.25) is 9.36 Å². The van der Waals surface area contributed by atoms with Gasteiger partial charge in [-0.1, -0.05) is 12.1 Å². The smallest absolute Gasteiger partial charge is 0.255 e. The predicted octanol–water partition coefficient (Wildman–Crippen LogP) is 2.41. The summed E-state index contributed by atoms with van der Waals surface area (Å²) in [4.78, 5) is 15.2. The van der Waals surface area contributed by atoms with Crippen LogP contribution >= 0.6 is 0 Å². The number of rotatable bonds is 6. The second-order valence-electron chi connectivity index (χ2n) is 5.07. The Labute approximate surface area is 139 Å². The van der Waals surface area contributed by atoms with Gasteiger partial charge in [0, 0.05) is 18.0 Å². The van der Waals surface area contributed by atoms with E-state index in [1.54, 1.807) is 25.4 Å². The van der Waals surface area contributed by atoms with Crippen LogP contribution in [0, 0.1) is 0 Å². The number of para-hydroxylation sites is 2. The van der Waals surface area contributed by atoms with Gasteiger partial charge in [0.25, 0.3) is 5.91 Å². The number of hydrogen-bond acceptors (Lipinski definition) is 4. The van der Waals surface area contributed by atoms with E-state index in [9.17, 15) is 4.79 Å². The molecule has 2 aromatic carbocycles. The van der Waals surface area contributed by atoms with E-state index in [0.717, 1.165) is 22.8 Å². The van der Waals surface area contributed by atoms with Crippen LogP contribution < -0.4 is 15.2 Å². The van der Waals surface area contributed by atoms with Crippen LogP contribution in [0.2, 0.25) is 0 Å². The number of aromatic nitrogens is 2. The van der Waals surface area contributed by atoms with Gasteiger partial charge in [0.15, 0.2) is 6.61 Å². The van der Waals surface area contributed by atoms with Gasteiger partial charge in [-0.15, -0.1) is 0 Å². The van der Waals surface area contributed by atoms with Crippen molar-refractivity contribution < 1.29 is 14.3 Å². The third kappa shape index (κ3) is 3.22. The van der Waals surface area contributed by atoms with E-state index in [2.05, 4.69) is 4.98 Å². The number of nitrogens with two attached hydrogens (primary N) is 1. The zero-order valence-corrected chi connectivity index (χ0v) is 13.2. The summed E-state index contributed by atoms with van der Waals surface area (Å²) in [5.41, 5.74) is 6.89. The summed E-state index contributed by atoms with van der Waals surface area (Å²) in [5, 5.41) is 0. The first-order valence-corrected chi connectivity index (χ1v) is 7.37. The van der Waals surface area contributed by atoms with Crippen LogP contribution in [0.1, 0.15) is 0 Å². The topological polar surface area (TPSA) is 79.4 Å². The summed E-state index contributed by atoms with van der Waals surface area (Å²) in [5.74, 6) is 1.61. The molecule has 0 saturated heterocycles. The Morgan fingerprint density at radius 3 is 2.62 bits per heavy atom. The number of ether oxygens (including phenoxy) is 2. The average Bonchev–Trinajstić information content (AvgIpc) is 3.09. The highest BCUT2D eigenvalue weighted by atomic mass is 16.5. The van der Waals surface area contributed by atoms with Crippen molar-refractivity contribution >= 4 is 5.91 Å². The molecule has 0 radical (unpaired) electrons. The Balaban J connectivity index is 1.91. The zero-order chi connectivity index (χ0) is 16.9. The number of nitrogens with zero attached hydrogens (tertiary/aromatic N) is 2. The predicted molar refractivity (Wildman–Crippen MR) is 90.2 cm³/mol. The van der Waals surface area contributed by atoms with Crippen LogP contribution in [0.15, 0.2) is 60.9 Å². The third-order valence-corrected chi connectivity index (χ3v) is 3.48. The molecule has 0 aliphatic heterocycles. The lowest BCUT2D eigenvalue weighted by Crippen LogP contribution is -2.19. The summed E-state index contributed by atoms with van der Waals surface area (Å²) in [6, 6.07) is 15.1. The molecular formula is C18H17N3O3. The Morgan fingerprint density at radius 2 is 1.92 bits per heavy atom. The first-order chi connectivity index (χ1) is 11.7. The molecule has 3 rings (SSSR count). The number of carbonyl (C=O) groups excluding carboxylic acids is 1. The molecule has 0 spiro atoms. The van der Waals surface area contributed by atoms with Gasteiger partial charge in [-0.05, 0) is 36.4 Å². The zero-order valence-electron chi connectivity index (χ0n) is 13.2. The number of amides is 1. The first kappa shape index (κ1) is 15.6. The number of hydrogen-bond donors (Lipinski definition) is 1. The number of methoxy groups -OCH3 is 1. The van der Waals surface area contributed by atoms with Gasteiger partial charge < -0.3 is 15.2 Å². The van der Waals surface area contributed by atoms with Gasteiger partial charge in [-0.2, -0.15) is 0 Å². The van der Waals surface area contributed by atoms with E-state index in [1.807, 2.05) is 47.2 Å². The van der Waals surface area contributed by atoms with E-state index in [0.29, 0.717) is 5.75 Å². The van der Waals surface area contributed by atoms with E-state index < -0.39 is 5.91 Å². The number of imidazole rings is 1. The van der Waals surface area contributed by atoms with Crippen LogP contribution in [0.3, 0.4) is 0 Å². The van der Waals surface area contributed by atoms with Crippen LogP contribution in [0.4, 0.5) is 0 Å². The quantitative estimate of drug-likeness (QED) is 0.755. The highest BCUT2D eigenvalue weighted by Crippen LogP contribution is 2.28. The molecule has 0 atom stereocenters. The third-order valence-electron chi connectivity index (χ3n) is 3.48. The van der Waals surface area contributed by atoms with Crippen molar-refractivity contribution in [3.63, 3.8) is 0 Å². The Hall–Kier alpha value is -3.28. The summed E-state index contributed by atoms with van der Waals surface area (Å²) >= 11 is 0.